The van der Waals surface area contributed by atoms with Crippen molar-refractivity contribution in [2.75, 3.05) is 50.9 Å². The molecule has 1 amide bonds. The van der Waals surface area contributed by atoms with Crippen molar-refractivity contribution in [2.45, 2.75) is 6.92 Å². The summed E-state index contributed by atoms with van der Waals surface area (Å²) in [7, 11) is 0. The molecule has 2 aromatic heterocycles. The quantitative estimate of drug-likeness (QED) is 0.589. The minimum absolute atomic E-state index is 0.199. The number of carbonyl (C=O) groups is 1. The zero-order chi connectivity index (χ0) is 20.1. The Kier molecular flexibility index (Phi) is 6.28. The number of fused-ring (bicyclic) bond motifs is 1. The van der Waals surface area contributed by atoms with Crippen molar-refractivity contribution in [2.24, 2.45) is 0 Å². The van der Waals surface area contributed by atoms with E-state index in [2.05, 4.69) is 14.9 Å². The summed E-state index contributed by atoms with van der Waals surface area (Å²) in [5.74, 6) is 0.603. The molecule has 3 heterocycles. The van der Waals surface area contributed by atoms with E-state index in [1.54, 1.807) is 11.1 Å². The molecule has 0 N–H and O–H groups in total. The van der Waals surface area contributed by atoms with Crippen LogP contribution in [0, 0.1) is 0 Å². The van der Waals surface area contributed by atoms with Crippen LogP contribution >= 0.6 is 11.3 Å². The lowest BCUT2D eigenvalue weighted by Crippen LogP contribution is -2.43. The average Bonchev–Trinajstić information content (AvgIpc) is 3.18. The number of thiazole rings is 1. The SMILES string of the molecule is CCOc1ccc2nc(N(CCN3CCOCC3)C(=O)c3cnccn3)sc2c1. The third-order valence-corrected chi connectivity index (χ3v) is 5.70. The number of rotatable bonds is 7. The molecule has 0 bridgehead atoms. The van der Waals surface area contributed by atoms with E-state index in [0.29, 0.717) is 24.0 Å². The lowest BCUT2D eigenvalue weighted by Gasteiger charge is -2.29. The fourth-order valence-electron chi connectivity index (χ4n) is 3.16. The molecule has 9 heteroatoms. The summed E-state index contributed by atoms with van der Waals surface area (Å²) in [5, 5.41) is 0.651. The molecule has 0 radical (unpaired) electrons. The molecule has 4 rings (SSSR count). The lowest BCUT2D eigenvalue weighted by molar-refractivity contribution is 0.0391. The van der Waals surface area contributed by atoms with E-state index in [4.69, 9.17) is 14.5 Å². The molecule has 1 aliphatic rings. The summed E-state index contributed by atoms with van der Waals surface area (Å²) in [6, 6.07) is 5.79. The molecule has 1 saturated heterocycles. The second-order valence-corrected chi connectivity index (χ2v) is 7.57. The average molecular weight is 414 g/mol. The van der Waals surface area contributed by atoms with Crippen molar-refractivity contribution < 1.29 is 14.3 Å². The van der Waals surface area contributed by atoms with Gasteiger partial charge in [-0.15, -0.1) is 0 Å². The van der Waals surface area contributed by atoms with Gasteiger partial charge >= 0.3 is 0 Å². The molecule has 1 aromatic carbocycles. The first-order valence-corrected chi connectivity index (χ1v) is 10.5. The van der Waals surface area contributed by atoms with Crippen molar-refractivity contribution in [1.82, 2.24) is 19.9 Å². The molecule has 0 unspecified atom stereocenters. The molecule has 0 atom stereocenters. The summed E-state index contributed by atoms with van der Waals surface area (Å²) in [6.07, 6.45) is 4.58. The normalized spacial score (nSPS) is 14.8. The van der Waals surface area contributed by atoms with Gasteiger partial charge in [-0.1, -0.05) is 11.3 Å². The monoisotopic (exact) mass is 413 g/mol. The highest BCUT2D eigenvalue weighted by molar-refractivity contribution is 7.22. The first-order valence-electron chi connectivity index (χ1n) is 9.66. The smallest absolute Gasteiger partial charge is 0.280 e. The van der Waals surface area contributed by atoms with Gasteiger partial charge in [0.05, 0.1) is 36.2 Å². The number of hydrogen-bond acceptors (Lipinski definition) is 8. The number of ether oxygens (including phenoxy) is 2. The summed E-state index contributed by atoms with van der Waals surface area (Å²) < 4.78 is 12.0. The Hall–Kier alpha value is -2.62. The zero-order valence-electron chi connectivity index (χ0n) is 16.3. The predicted molar refractivity (Wildman–Crippen MR) is 112 cm³/mol. The van der Waals surface area contributed by atoms with E-state index in [1.807, 2.05) is 25.1 Å². The van der Waals surface area contributed by atoms with Gasteiger partial charge in [0.2, 0.25) is 0 Å². The highest BCUT2D eigenvalue weighted by Crippen LogP contribution is 2.32. The summed E-state index contributed by atoms with van der Waals surface area (Å²) in [5.41, 5.74) is 1.15. The van der Waals surface area contributed by atoms with E-state index in [1.165, 1.54) is 23.7 Å². The number of anilines is 1. The second-order valence-electron chi connectivity index (χ2n) is 6.56. The van der Waals surface area contributed by atoms with Crippen molar-refractivity contribution >= 4 is 32.6 Å². The van der Waals surface area contributed by atoms with Crippen LogP contribution in [0.2, 0.25) is 0 Å². The Morgan fingerprint density at radius 3 is 2.93 bits per heavy atom. The summed E-state index contributed by atoms with van der Waals surface area (Å²) in [4.78, 5) is 30.1. The minimum Gasteiger partial charge on any atom is -0.494 e. The van der Waals surface area contributed by atoms with Gasteiger partial charge in [0.25, 0.3) is 5.91 Å². The Labute approximate surface area is 173 Å². The van der Waals surface area contributed by atoms with Gasteiger partial charge in [-0.3, -0.25) is 19.6 Å². The van der Waals surface area contributed by atoms with Crippen LogP contribution < -0.4 is 9.64 Å². The van der Waals surface area contributed by atoms with E-state index < -0.39 is 0 Å². The van der Waals surface area contributed by atoms with E-state index in [9.17, 15) is 4.79 Å². The van der Waals surface area contributed by atoms with Gasteiger partial charge in [-0.2, -0.15) is 0 Å². The first-order chi connectivity index (χ1) is 14.2. The minimum atomic E-state index is -0.199. The predicted octanol–water partition coefficient (Wildman–Crippen LogP) is 2.46. The third-order valence-electron chi connectivity index (χ3n) is 4.66. The van der Waals surface area contributed by atoms with Crippen molar-refractivity contribution in [3.05, 3.63) is 42.5 Å². The van der Waals surface area contributed by atoms with Crippen LogP contribution in [0.5, 0.6) is 5.75 Å². The van der Waals surface area contributed by atoms with E-state index >= 15 is 0 Å². The van der Waals surface area contributed by atoms with Gasteiger partial charge in [-0.25, -0.2) is 9.97 Å². The van der Waals surface area contributed by atoms with Crippen LogP contribution in [0.1, 0.15) is 17.4 Å². The molecule has 8 nitrogen and oxygen atoms in total. The number of amides is 1. The Balaban J connectivity index is 1.61. The first kappa shape index (κ1) is 19.7. The van der Waals surface area contributed by atoms with Crippen LogP contribution in [0.3, 0.4) is 0 Å². The molecular weight excluding hydrogens is 390 g/mol. The van der Waals surface area contributed by atoms with Gasteiger partial charge in [0.15, 0.2) is 5.13 Å². The van der Waals surface area contributed by atoms with Gasteiger partial charge in [-0.05, 0) is 25.1 Å². The molecule has 0 saturated carbocycles. The lowest BCUT2D eigenvalue weighted by atomic mass is 10.3. The van der Waals surface area contributed by atoms with Crippen molar-refractivity contribution in [3.63, 3.8) is 0 Å². The Morgan fingerprint density at radius 2 is 2.17 bits per heavy atom. The number of benzene rings is 1. The number of carbonyl (C=O) groups excluding carboxylic acids is 1. The largest absolute Gasteiger partial charge is 0.494 e. The number of aromatic nitrogens is 3. The van der Waals surface area contributed by atoms with E-state index in [-0.39, 0.29) is 5.91 Å². The molecule has 152 valence electrons. The fourth-order valence-corrected chi connectivity index (χ4v) is 4.18. The highest BCUT2D eigenvalue weighted by atomic mass is 32.1. The van der Waals surface area contributed by atoms with Gasteiger partial charge in [0.1, 0.15) is 11.4 Å². The molecule has 29 heavy (non-hydrogen) atoms. The van der Waals surface area contributed by atoms with Crippen LogP contribution in [0.15, 0.2) is 36.8 Å². The standard InChI is InChI=1S/C20H23N5O3S/c1-2-28-15-3-4-16-18(13-15)29-20(23-16)25(8-7-24-9-11-27-12-10-24)19(26)17-14-21-5-6-22-17/h3-6,13-14H,2,7-12H2,1H3. The maximum Gasteiger partial charge on any atom is 0.280 e. The second kappa shape index (κ2) is 9.25. The third kappa shape index (κ3) is 4.69. The number of hydrogen-bond donors (Lipinski definition) is 0. The van der Waals surface area contributed by atoms with Crippen molar-refractivity contribution in [3.8, 4) is 5.75 Å². The van der Waals surface area contributed by atoms with Gasteiger partial charge < -0.3 is 9.47 Å². The summed E-state index contributed by atoms with van der Waals surface area (Å²) in [6.45, 7) is 7.00. The van der Waals surface area contributed by atoms with Gasteiger partial charge in [0, 0.05) is 38.6 Å². The number of morpholine rings is 1. The molecule has 1 aliphatic heterocycles. The molecule has 3 aromatic rings. The topological polar surface area (TPSA) is 80.7 Å². The maximum absolute atomic E-state index is 13.2. The Morgan fingerprint density at radius 1 is 1.31 bits per heavy atom. The van der Waals surface area contributed by atoms with Crippen LogP contribution in [-0.4, -0.2) is 71.8 Å². The van der Waals surface area contributed by atoms with Crippen LogP contribution in [-0.2, 0) is 4.74 Å². The zero-order valence-corrected chi connectivity index (χ0v) is 17.1. The Bertz CT molecular complexity index is 959. The molecular formula is C20H23N5O3S. The highest BCUT2D eigenvalue weighted by Gasteiger charge is 2.24. The molecule has 1 fully saturated rings. The van der Waals surface area contributed by atoms with Crippen molar-refractivity contribution in [1.29, 1.82) is 0 Å². The summed E-state index contributed by atoms with van der Waals surface area (Å²) >= 11 is 1.48. The number of nitrogens with zero attached hydrogens (tertiary/aromatic N) is 5. The van der Waals surface area contributed by atoms with Crippen LogP contribution in [0.4, 0.5) is 5.13 Å². The molecule has 0 aliphatic carbocycles. The molecule has 0 spiro atoms. The van der Waals surface area contributed by atoms with E-state index in [0.717, 1.165) is 48.8 Å². The maximum atomic E-state index is 13.2. The van der Waals surface area contributed by atoms with Crippen LogP contribution in [0.25, 0.3) is 10.2 Å². The fraction of sp³-hybridized carbons (Fsp3) is 0.400.